The van der Waals surface area contributed by atoms with Gasteiger partial charge in [-0.25, -0.2) is 4.98 Å². The summed E-state index contributed by atoms with van der Waals surface area (Å²) in [5.41, 5.74) is 1.90. The van der Waals surface area contributed by atoms with Gasteiger partial charge >= 0.3 is 0 Å². The van der Waals surface area contributed by atoms with Crippen molar-refractivity contribution in [1.29, 1.82) is 0 Å². The van der Waals surface area contributed by atoms with E-state index >= 15 is 0 Å². The second-order valence-electron chi connectivity index (χ2n) is 6.01. The molecule has 0 amide bonds. The van der Waals surface area contributed by atoms with E-state index in [2.05, 4.69) is 34.4 Å². The fourth-order valence-electron chi connectivity index (χ4n) is 2.28. The number of rotatable bonds is 6. The number of halogens is 2. The first-order chi connectivity index (χ1) is 11.0. The van der Waals surface area contributed by atoms with E-state index in [1.807, 2.05) is 18.2 Å². The summed E-state index contributed by atoms with van der Waals surface area (Å²) in [5.74, 6) is 1.98. The highest BCUT2D eigenvalue weighted by Gasteiger charge is 2.26. The quantitative estimate of drug-likeness (QED) is 0.710. The lowest BCUT2D eigenvalue weighted by Crippen LogP contribution is -2.16. The van der Waals surface area contributed by atoms with Gasteiger partial charge in [-0.2, -0.15) is 4.98 Å². The molecule has 0 spiro atoms. The monoisotopic (exact) mass is 350 g/mol. The van der Waals surface area contributed by atoms with Crippen LogP contribution in [0.2, 0.25) is 10.0 Å². The molecule has 0 radical (unpaired) electrons. The Morgan fingerprint density at radius 2 is 1.83 bits per heavy atom. The summed E-state index contributed by atoms with van der Waals surface area (Å²) >= 11 is 12.1. The molecule has 122 valence electrons. The number of hydrogen-bond donors (Lipinski definition) is 2. The largest absolute Gasteiger partial charge is 0.352 e. The van der Waals surface area contributed by atoms with Crippen LogP contribution < -0.4 is 10.6 Å². The van der Waals surface area contributed by atoms with Crippen molar-refractivity contribution < 1.29 is 0 Å². The van der Waals surface area contributed by atoms with Gasteiger partial charge in [-0.3, -0.25) is 0 Å². The molecule has 23 heavy (non-hydrogen) atoms. The second-order valence-corrected chi connectivity index (χ2v) is 6.89. The van der Waals surface area contributed by atoms with Crippen molar-refractivity contribution in [2.24, 2.45) is 0 Å². The zero-order valence-corrected chi connectivity index (χ0v) is 14.7. The molecule has 1 fully saturated rings. The van der Waals surface area contributed by atoms with Crippen molar-refractivity contribution >= 4 is 40.7 Å². The Balaban J connectivity index is 1.87. The molecule has 2 aromatic rings. The van der Waals surface area contributed by atoms with Crippen LogP contribution in [0, 0.1) is 0 Å². The van der Waals surface area contributed by atoms with E-state index in [9.17, 15) is 0 Å². The van der Waals surface area contributed by atoms with Crippen LogP contribution in [0.25, 0.3) is 0 Å². The van der Waals surface area contributed by atoms with Crippen molar-refractivity contribution in [1.82, 2.24) is 9.97 Å². The first-order valence-corrected chi connectivity index (χ1v) is 8.67. The van der Waals surface area contributed by atoms with Crippen LogP contribution in [-0.2, 0) is 0 Å². The van der Waals surface area contributed by atoms with Crippen molar-refractivity contribution in [3.63, 3.8) is 0 Å². The average molecular weight is 351 g/mol. The Hall–Kier alpha value is -1.52. The van der Waals surface area contributed by atoms with E-state index < -0.39 is 0 Å². The molecule has 1 aromatic heterocycles. The van der Waals surface area contributed by atoms with Crippen LogP contribution in [0.3, 0.4) is 0 Å². The second kappa shape index (κ2) is 6.93. The fraction of sp³-hybridized carbons (Fsp3) is 0.412. The number of hydrogen-bond acceptors (Lipinski definition) is 4. The molecule has 1 heterocycles. The number of nitrogens with one attached hydrogen (secondary N) is 2. The molecular weight excluding hydrogens is 331 g/mol. The van der Waals surface area contributed by atoms with Gasteiger partial charge in [0, 0.05) is 33.8 Å². The van der Waals surface area contributed by atoms with E-state index in [0.29, 0.717) is 28.0 Å². The van der Waals surface area contributed by atoms with E-state index in [1.165, 1.54) is 12.8 Å². The smallest absolute Gasteiger partial charge is 0.225 e. The van der Waals surface area contributed by atoms with Gasteiger partial charge < -0.3 is 10.6 Å². The Morgan fingerprint density at radius 1 is 1.13 bits per heavy atom. The standard InChI is InChI=1S/C17H20Cl2N4/c1-3-10(2)20-17-22-15(11-4-5-11)9-16(23-17)21-14-7-12(18)6-13(19)8-14/h6-11H,3-5H2,1-2H3,(H2,20,21,22,23)/t10-/m1/s1. The summed E-state index contributed by atoms with van der Waals surface area (Å²) < 4.78 is 0. The summed E-state index contributed by atoms with van der Waals surface area (Å²) in [7, 11) is 0. The van der Waals surface area contributed by atoms with Gasteiger partial charge in [0.25, 0.3) is 0 Å². The minimum atomic E-state index is 0.331. The van der Waals surface area contributed by atoms with Gasteiger partial charge in [0.1, 0.15) is 5.82 Å². The summed E-state index contributed by atoms with van der Waals surface area (Å²) in [5, 5.41) is 7.81. The number of aromatic nitrogens is 2. The Morgan fingerprint density at radius 3 is 2.43 bits per heavy atom. The van der Waals surface area contributed by atoms with Crippen LogP contribution in [0.5, 0.6) is 0 Å². The topological polar surface area (TPSA) is 49.8 Å². The first-order valence-electron chi connectivity index (χ1n) is 7.92. The van der Waals surface area contributed by atoms with Crippen LogP contribution in [0.4, 0.5) is 17.5 Å². The molecule has 1 atom stereocenters. The van der Waals surface area contributed by atoms with Gasteiger partial charge in [-0.1, -0.05) is 30.1 Å². The fourth-order valence-corrected chi connectivity index (χ4v) is 2.81. The molecule has 0 bridgehead atoms. The molecule has 1 aliphatic rings. The van der Waals surface area contributed by atoms with Gasteiger partial charge in [0.05, 0.1) is 5.69 Å². The van der Waals surface area contributed by atoms with Gasteiger partial charge in [-0.15, -0.1) is 0 Å². The van der Waals surface area contributed by atoms with Crippen molar-refractivity contribution in [3.05, 3.63) is 40.0 Å². The molecule has 3 rings (SSSR count). The summed E-state index contributed by atoms with van der Waals surface area (Å²) in [4.78, 5) is 9.21. The minimum absolute atomic E-state index is 0.331. The zero-order valence-electron chi connectivity index (χ0n) is 13.2. The van der Waals surface area contributed by atoms with E-state index in [-0.39, 0.29) is 0 Å². The van der Waals surface area contributed by atoms with E-state index in [0.717, 1.165) is 23.6 Å². The highest BCUT2D eigenvalue weighted by molar-refractivity contribution is 6.35. The lowest BCUT2D eigenvalue weighted by atomic mass is 10.2. The maximum absolute atomic E-state index is 6.06. The van der Waals surface area contributed by atoms with Gasteiger partial charge in [0.15, 0.2) is 0 Å². The van der Waals surface area contributed by atoms with Crippen molar-refractivity contribution in [2.45, 2.75) is 45.1 Å². The molecule has 6 heteroatoms. The summed E-state index contributed by atoms with van der Waals surface area (Å²) in [6.45, 7) is 4.26. The molecule has 0 saturated heterocycles. The summed E-state index contributed by atoms with van der Waals surface area (Å²) in [6, 6.07) is 7.70. The Kier molecular flexibility index (Phi) is 4.93. The number of anilines is 3. The third-order valence-electron chi connectivity index (χ3n) is 3.86. The predicted octanol–water partition coefficient (Wildman–Crippen LogP) is 5.61. The van der Waals surface area contributed by atoms with Crippen molar-refractivity contribution in [3.8, 4) is 0 Å². The molecule has 0 aliphatic heterocycles. The molecule has 1 aromatic carbocycles. The predicted molar refractivity (Wildman–Crippen MR) is 97.1 cm³/mol. The van der Waals surface area contributed by atoms with Crippen LogP contribution >= 0.6 is 23.2 Å². The maximum Gasteiger partial charge on any atom is 0.225 e. The molecule has 2 N–H and O–H groups in total. The van der Waals surface area contributed by atoms with Crippen LogP contribution in [-0.4, -0.2) is 16.0 Å². The zero-order chi connectivity index (χ0) is 16.4. The average Bonchev–Trinajstić information content (AvgIpc) is 3.30. The van der Waals surface area contributed by atoms with E-state index in [4.69, 9.17) is 23.2 Å². The van der Waals surface area contributed by atoms with Gasteiger partial charge in [0.2, 0.25) is 5.95 Å². The highest BCUT2D eigenvalue weighted by atomic mass is 35.5. The molecule has 1 saturated carbocycles. The minimum Gasteiger partial charge on any atom is -0.352 e. The third-order valence-corrected chi connectivity index (χ3v) is 4.30. The normalized spacial score (nSPS) is 15.3. The van der Waals surface area contributed by atoms with Crippen molar-refractivity contribution in [2.75, 3.05) is 10.6 Å². The van der Waals surface area contributed by atoms with Crippen LogP contribution in [0.15, 0.2) is 24.3 Å². The Labute approximate surface area is 146 Å². The first kappa shape index (κ1) is 16.3. The summed E-state index contributed by atoms with van der Waals surface area (Å²) in [6.07, 6.45) is 3.41. The third kappa shape index (κ3) is 4.49. The molecule has 1 aliphatic carbocycles. The molecule has 0 unspecified atom stereocenters. The molecular formula is C17H20Cl2N4. The number of nitrogens with zero attached hydrogens (tertiary/aromatic N) is 2. The molecule has 4 nitrogen and oxygen atoms in total. The lowest BCUT2D eigenvalue weighted by molar-refractivity contribution is 0.750. The van der Waals surface area contributed by atoms with E-state index in [1.54, 1.807) is 6.07 Å². The Bertz CT molecular complexity index is 681. The van der Waals surface area contributed by atoms with Crippen LogP contribution in [0.1, 0.15) is 44.7 Å². The van der Waals surface area contributed by atoms with Gasteiger partial charge in [-0.05, 0) is 44.4 Å². The maximum atomic E-state index is 6.06. The lowest BCUT2D eigenvalue weighted by Gasteiger charge is -2.14. The highest BCUT2D eigenvalue weighted by Crippen LogP contribution is 2.40. The number of benzene rings is 1. The SMILES string of the molecule is CC[C@@H](C)Nc1nc(Nc2cc(Cl)cc(Cl)c2)cc(C2CC2)n1.